The van der Waals surface area contributed by atoms with Gasteiger partial charge in [0.15, 0.2) is 0 Å². The van der Waals surface area contributed by atoms with Gasteiger partial charge in [-0.15, -0.1) is 6.58 Å². The zero-order valence-corrected chi connectivity index (χ0v) is 11.9. The zero-order chi connectivity index (χ0) is 13.6. The SMILES string of the molecule is C=CC1Cc2ccccc2N1S(=O)(=O)C(C)(C)C. The van der Waals surface area contributed by atoms with Crippen LogP contribution in [0, 0.1) is 0 Å². The summed E-state index contributed by atoms with van der Waals surface area (Å²) < 4.78 is 26.0. The summed E-state index contributed by atoms with van der Waals surface area (Å²) in [4.78, 5) is 0. The topological polar surface area (TPSA) is 37.4 Å². The van der Waals surface area contributed by atoms with Crippen molar-refractivity contribution < 1.29 is 8.42 Å². The van der Waals surface area contributed by atoms with Crippen molar-refractivity contribution in [3.8, 4) is 0 Å². The standard InChI is InChI=1S/C14H19NO2S/c1-5-12-10-11-8-6-7-9-13(11)15(12)18(16,17)14(2,3)4/h5-9,12H,1,10H2,2-4H3. The molecule has 0 fully saturated rings. The second kappa shape index (κ2) is 4.12. The molecule has 0 aliphatic carbocycles. The second-order valence-corrected chi connectivity index (χ2v) is 8.12. The summed E-state index contributed by atoms with van der Waals surface area (Å²) in [5, 5.41) is 0. The first-order valence-electron chi connectivity index (χ1n) is 6.03. The van der Waals surface area contributed by atoms with Gasteiger partial charge in [0, 0.05) is 0 Å². The maximum Gasteiger partial charge on any atom is 0.240 e. The number of benzene rings is 1. The van der Waals surface area contributed by atoms with Gasteiger partial charge in [-0.05, 0) is 38.8 Å². The van der Waals surface area contributed by atoms with E-state index in [9.17, 15) is 8.42 Å². The van der Waals surface area contributed by atoms with E-state index in [1.54, 1.807) is 26.8 Å². The first kappa shape index (κ1) is 13.1. The van der Waals surface area contributed by atoms with E-state index in [0.29, 0.717) is 6.42 Å². The zero-order valence-electron chi connectivity index (χ0n) is 11.1. The molecule has 0 amide bonds. The molecule has 98 valence electrons. The van der Waals surface area contributed by atoms with Crippen LogP contribution in [0.15, 0.2) is 36.9 Å². The minimum Gasteiger partial charge on any atom is -0.262 e. The van der Waals surface area contributed by atoms with E-state index in [0.717, 1.165) is 11.3 Å². The fourth-order valence-electron chi connectivity index (χ4n) is 2.17. The average molecular weight is 265 g/mol. The Labute approximate surface area is 109 Å². The second-order valence-electron chi connectivity index (χ2n) is 5.55. The maximum absolute atomic E-state index is 12.7. The van der Waals surface area contributed by atoms with Crippen LogP contribution < -0.4 is 4.31 Å². The monoisotopic (exact) mass is 265 g/mol. The molecule has 0 aromatic heterocycles. The Kier molecular flexibility index (Phi) is 3.01. The number of nitrogens with zero attached hydrogens (tertiary/aromatic N) is 1. The van der Waals surface area contributed by atoms with Crippen LogP contribution in [0.5, 0.6) is 0 Å². The molecule has 1 aromatic rings. The summed E-state index contributed by atoms with van der Waals surface area (Å²) in [5.74, 6) is 0. The highest BCUT2D eigenvalue weighted by molar-refractivity contribution is 7.94. The molecule has 1 atom stereocenters. The van der Waals surface area contributed by atoms with Crippen LogP contribution in [0.2, 0.25) is 0 Å². The third-order valence-corrected chi connectivity index (χ3v) is 5.80. The normalized spacial score (nSPS) is 19.7. The van der Waals surface area contributed by atoms with Gasteiger partial charge < -0.3 is 0 Å². The average Bonchev–Trinajstić information content (AvgIpc) is 2.66. The Morgan fingerprint density at radius 3 is 2.50 bits per heavy atom. The molecule has 1 aliphatic heterocycles. The van der Waals surface area contributed by atoms with Crippen molar-refractivity contribution in [1.29, 1.82) is 0 Å². The molecule has 1 unspecified atom stereocenters. The molecule has 0 radical (unpaired) electrons. The lowest BCUT2D eigenvalue weighted by atomic mass is 10.1. The van der Waals surface area contributed by atoms with Gasteiger partial charge in [-0.2, -0.15) is 0 Å². The van der Waals surface area contributed by atoms with Gasteiger partial charge in [0.05, 0.1) is 16.5 Å². The Bertz CT molecular complexity index is 570. The minimum atomic E-state index is -3.39. The molecule has 2 rings (SSSR count). The lowest BCUT2D eigenvalue weighted by molar-refractivity contribution is 0.552. The molecule has 0 bridgehead atoms. The van der Waals surface area contributed by atoms with Crippen LogP contribution in [-0.2, 0) is 16.4 Å². The Morgan fingerprint density at radius 1 is 1.33 bits per heavy atom. The predicted octanol–water partition coefficient (Wildman–Crippen LogP) is 2.73. The summed E-state index contributed by atoms with van der Waals surface area (Å²) in [6.07, 6.45) is 2.41. The molecule has 1 heterocycles. The lowest BCUT2D eigenvalue weighted by Crippen LogP contribution is -2.46. The molecule has 18 heavy (non-hydrogen) atoms. The van der Waals surface area contributed by atoms with E-state index in [1.807, 2.05) is 24.3 Å². The third kappa shape index (κ3) is 1.85. The van der Waals surface area contributed by atoms with Crippen LogP contribution in [0.3, 0.4) is 0 Å². The van der Waals surface area contributed by atoms with E-state index >= 15 is 0 Å². The third-order valence-electron chi connectivity index (χ3n) is 3.26. The number of hydrogen-bond donors (Lipinski definition) is 0. The number of anilines is 1. The van der Waals surface area contributed by atoms with E-state index < -0.39 is 14.8 Å². The smallest absolute Gasteiger partial charge is 0.240 e. The molecule has 0 saturated heterocycles. The van der Waals surface area contributed by atoms with Gasteiger partial charge in [0.25, 0.3) is 0 Å². The minimum absolute atomic E-state index is 0.174. The fourth-order valence-corrected chi connectivity index (χ4v) is 3.71. The quantitative estimate of drug-likeness (QED) is 0.771. The van der Waals surface area contributed by atoms with Crippen molar-refractivity contribution in [1.82, 2.24) is 0 Å². The molecule has 3 nitrogen and oxygen atoms in total. The van der Waals surface area contributed by atoms with Crippen LogP contribution in [0.25, 0.3) is 0 Å². The van der Waals surface area contributed by atoms with Gasteiger partial charge in [-0.25, -0.2) is 8.42 Å². The number of rotatable bonds is 2. The van der Waals surface area contributed by atoms with Gasteiger partial charge >= 0.3 is 0 Å². The van der Waals surface area contributed by atoms with E-state index in [4.69, 9.17) is 0 Å². The van der Waals surface area contributed by atoms with Crippen LogP contribution >= 0.6 is 0 Å². The maximum atomic E-state index is 12.7. The first-order valence-corrected chi connectivity index (χ1v) is 7.47. The Balaban J connectivity index is 2.59. The summed E-state index contributed by atoms with van der Waals surface area (Å²) in [6, 6.07) is 7.47. The van der Waals surface area contributed by atoms with Crippen molar-refractivity contribution in [3.63, 3.8) is 0 Å². The van der Waals surface area contributed by atoms with Crippen molar-refractivity contribution in [2.75, 3.05) is 4.31 Å². The number of fused-ring (bicyclic) bond motifs is 1. The van der Waals surface area contributed by atoms with E-state index in [-0.39, 0.29) is 6.04 Å². The van der Waals surface area contributed by atoms with Crippen LogP contribution in [0.4, 0.5) is 5.69 Å². The van der Waals surface area contributed by atoms with Gasteiger partial charge in [-0.3, -0.25) is 4.31 Å². The Morgan fingerprint density at radius 2 is 1.94 bits per heavy atom. The highest BCUT2D eigenvalue weighted by atomic mass is 32.2. The van der Waals surface area contributed by atoms with Gasteiger partial charge in [-0.1, -0.05) is 24.3 Å². The summed E-state index contributed by atoms with van der Waals surface area (Å²) in [6.45, 7) is 8.94. The molecule has 1 aliphatic rings. The van der Waals surface area contributed by atoms with Crippen molar-refractivity contribution in [2.24, 2.45) is 0 Å². The molecular weight excluding hydrogens is 246 g/mol. The summed E-state index contributed by atoms with van der Waals surface area (Å²) in [5.41, 5.74) is 1.85. The fraction of sp³-hybridized carbons (Fsp3) is 0.429. The molecular formula is C14H19NO2S. The number of hydrogen-bond acceptors (Lipinski definition) is 2. The van der Waals surface area contributed by atoms with Crippen molar-refractivity contribution in [3.05, 3.63) is 42.5 Å². The summed E-state index contributed by atoms with van der Waals surface area (Å²) >= 11 is 0. The molecule has 4 heteroatoms. The predicted molar refractivity (Wildman–Crippen MR) is 75.3 cm³/mol. The van der Waals surface area contributed by atoms with Crippen molar-refractivity contribution in [2.45, 2.75) is 38.0 Å². The van der Waals surface area contributed by atoms with Gasteiger partial charge in [0.2, 0.25) is 10.0 Å². The largest absolute Gasteiger partial charge is 0.262 e. The number of para-hydroxylation sites is 1. The highest BCUT2D eigenvalue weighted by Crippen LogP contribution is 2.38. The van der Waals surface area contributed by atoms with Gasteiger partial charge in [0.1, 0.15) is 0 Å². The Hall–Kier alpha value is -1.29. The molecule has 0 saturated carbocycles. The molecule has 0 N–H and O–H groups in total. The highest BCUT2D eigenvalue weighted by Gasteiger charge is 2.42. The van der Waals surface area contributed by atoms with E-state index in [1.165, 1.54) is 4.31 Å². The first-order chi connectivity index (χ1) is 8.29. The van der Waals surface area contributed by atoms with Crippen LogP contribution in [0.1, 0.15) is 26.3 Å². The number of sulfonamides is 1. The molecule has 1 aromatic carbocycles. The van der Waals surface area contributed by atoms with E-state index in [2.05, 4.69) is 6.58 Å². The van der Waals surface area contributed by atoms with Crippen molar-refractivity contribution >= 4 is 15.7 Å². The summed E-state index contributed by atoms with van der Waals surface area (Å²) in [7, 11) is -3.39. The lowest BCUT2D eigenvalue weighted by Gasteiger charge is -2.32. The van der Waals surface area contributed by atoms with Crippen LogP contribution in [-0.4, -0.2) is 19.2 Å². The molecule has 0 spiro atoms.